The molecule has 1 aliphatic rings. The molecule has 21 aromatic rings. The van der Waals surface area contributed by atoms with Crippen molar-refractivity contribution in [1.29, 1.82) is 0 Å². The molecule has 7 amide bonds. The van der Waals surface area contributed by atoms with Gasteiger partial charge in [-0.15, -0.1) is 0 Å². The summed E-state index contributed by atoms with van der Waals surface area (Å²) in [6.45, 7) is 10.7. The Kier molecular flexibility index (Phi) is 34.0. The predicted octanol–water partition coefficient (Wildman–Crippen LogP) is 27.6. The smallest absolute Gasteiger partial charge is 0.268 e. The maximum Gasteiger partial charge on any atom is 0.268 e. The zero-order valence-electron chi connectivity index (χ0n) is 80.8. The third-order valence-electron chi connectivity index (χ3n) is 24.8. The van der Waals surface area contributed by atoms with E-state index in [1.807, 2.05) is 344 Å². The lowest BCUT2D eigenvalue weighted by atomic mass is 10.0. The summed E-state index contributed by atoms with van der Waals surface area (Å²) in [5, 5.41) is 29.0. The fraction of sp³-hybridized carbons (Fsp3) is 0.125. The molecule has 0 bridgehead atoms. The van der Waals surface area contributed by atoms with Gasteiger partial charge in [-0.05, 0) is 250 Å². The first kappa shape index (κ1) is 103. The summed E-state index contributed by atoms with van der Waals surface area (Å²) in [4.78, 5) is 107. The molecule has 1 saturated carbocycles. The van der Waals surface area contributed by atoms with Crippen LogP contribution in [0, 0.1) is 30.3 Å². The number of aromatic amines is 7. The van der Waals surface area contributed by atoms with Gasteiger partial charge in [-0.1, -0.05) is 265 Å². The second-order valence-corrected chi connectivity index (χ2v) is 37.0. The van der Waals surface area contributed by atoms with Gasteiger partial charge in [-0.3, -0.25) is 33.6 Å². The van der Waals surface area contributed by atoms with Crippen LogP contribution >= 0.6 is 34.8 Å². The van der Waals surface area contributed by atoms with Gasteiger partial charge in [0.2, 0.25) is 0 Å². The maximum absolute atomic E-state index is 13.8. The molecule has 21 nitrogen and oxygen atoms in total. The van der Waals surface area contributed by atoms with Crippen LogP contribution in [0.3, 0.4) is 0 Å². The minimum Gasteiger partial charge on any atom is -0.351 e. The van der Waals surface area contributed by atoms with Crippen molar-refractivity contribution >= 4 is 152 Å². The standard InChI is InChI=1S/C19H17FN2O.C18H17FN2O.2C17H15ClN2O.C17H15FN2O.C16H13ClN2O.C16H14N2O/c20-15-7-4-8-16-14(15)11-17(21-16)19(23)22-18(13-9-10-13)12-5-2-1-3-6-12;1-11-6-7-16-14(8-11)10-17(21-16)18(22)20-12(2)13-4-3-5-15(19)9-13;1-11(12-6-4-7-14(18)9-12)19-17(21)16-10-13-5-2-3-8-15(13)20-16;1-11(12-6-8-14(18)9-7-12)19-17(21)16-10-13-4-2-3-5-15(13)20-16;1-11(12-5-3-2-4-6-12)19-17(21)16-10-13-9-14(18)7-8-15(13)20-16;17-13-7-5-11(6-8-13)10-18-16(20)15-9-12-3-1-2-4-14(12)19-15;19-16(17-11-12-6-2-1-3-7-12)15-10-13-8-4-5-9-14(13)18-15/h1-8,11,13,18,21H,9-10H2,(H,22,23);3-10,12,21H,1-2H3,(H,20,22);3*2-11,20H,1H3,(H,19,21);1-9,19H,10H2,(H,18,20);1-10,18H,11H2,(H,17,19). The van der Waals surface area contributed by atoms with E-state index in [1.54, 1.807) is 42.5 Å². The zero-order valence-corrected chi connectivity index (χ0v) is 83.1. The molecule has 5 atom stereocenters. The van der Waals surface area contributed by atoms with E-state index in [2.05, 4.69) is 72.1 Å². The number of carbonyl (C=O) groups is 7. The average Bonchev–Trinajstić information content (AvgIpc) is 1.65. The lowest BCUT2D eigenvalue weighted by Crippen LogP contribution is -2.30. The summed E-state index contributed by atoms with van der Waals surface area (Å²) in [7, 11) is 0. The highest BCUT2D eigenvalue weighted by atomic mass is 35.5. The van der Waals surface area contributed by atoms with Gasteiger partial charge < -0.3 is 72.1 Å². The second-order valence-electron chi connectivity index (χ2n) is 35.7. The Hall–Kier alpha value is -17.2. The van der Waals surface area contributed by atoms with E-state index in [-0.39, 0.29) is 89.0 Å². The van der Waals surface area contributed by atoms with E-state index in [1.165, 1.54) is 30.3 Å². The van der Waals surface area contributed by atoms with Crippen molar-refractivity contribution in [2.24, 2.45) is 5.92 Å². The topological polar surface area (TPSA) is 314 Å². The number of benzene rings is 14. The molecule has 1 fully saturated rings. The van der Waals surface area contributed by atoms with Crippen LogP contribution in [0.2, 0.25) is 15.1 Å². The quantitative estimate of drug-likeness (QED) is 0.0311. The molecule has 147 heavy (non-hydrogen) atoms. The number of para-hydroxylation sites is 4. The molecule has 7 aromatic heterocycles. The molecule has 0 radical (unpaired) electrons. The summed E-state index contributed by atoms with van der Waals surface area (Å²) in [6, 6.07) is 117. The SMILES string of the molecule is CC(NC(=O)c1cc2cc(F)ccc2[nH]1)c1ccccc1.CC(NC(=O)c1cc2ccccc2[nH]1)c1ccc(Cl)cc1.CC(NC(=O)c1cc2ccccc2[nH]1)c1cccc(Cl)c1.Cc1ccc2[nH]c(C(=O)NC(C)c3cccc(F)c3)cc2c1.O=C(NC(c1ccccc1)C1CC1)c1cc2c(F)cccc2[nH]1.O=C(NCc1ccc(Cl)cc1)c1cc2ccccc2[nH]1.O=C(NCc1ccccc1)c1cc2ccccc2[nH]1. The number of aryl methyl sites for hydroxylation is 1. The maximum atomic E-state index is 13.8. The number of hydrogen-bond acceptors (Lipinski definition) is 7. The van der Waals surface area contributed by atoms with E-state index >= 15 is 0 Å². The second kappa shape index (κ2) is 48.7. The molecule has 14 aromatic carbocycles. The number of nitrogens with one attached hydrogen (secondary N) is 14. The number of carbonyl (C=O) groups excluding carboxylic acids is 7. The van der Waals surface area contributed by atoms with Crippen molar-refractivity contribution in [3.63, 3.8) is 0 Å². The van der Waals surface area contributed by atoms with Crippen LogP contribution in [-0.2, 0) is 13.1 Å². The highest BCUT2D eigenvalue weighted by molar-refractivity contribution is 6.31. The first-order valence-electron chi connectivity index (χ1n) is 47.9. The van der Waals surface area contributed by atoms with E-state index in [0.717, 1.165) is 117 Å². The normalized spacial score (nSPS) is 12.3. The first-order valence-corrected chi connectivity index (χ1v) is 49.0. The summed E-state index contributed by atoms with van der Waals surface area (Å²) >= 11 is 17.7. The molecule has 1 aliphatic carbocycles. The molecular weight excluding hydrogens is 1910 g/mol. The molecule has 7 heterocycles. The van der Waals surface area contributed by atoms with Crippen molar-refractivity contribution in [3.05, 3.63) is 499 Å². The van der Waals surface area contributed by atoms with Crippen molar-refractivity contribution in [2.45, 2.75) is 90.8 Å². The largest absolute Gasteiger partial charge is 0.351 e. The molecule has 22 rings (SSSR count). The van der Waals surface area contributed by atoms with Crippen LogP contribution in [0.5, 0.6) is 0 Å². The van der Waals surface area contributed by atoms with E-state index in [4.69, 9.17) is 34.8 Å². The average molecular weight is 2020 g/mol. The highest BCUT2D eigenvalue weighted by Crippen LogP contribution is 2.41. The number of fused-ring (bicyclic) bond motifs is 7. The number of rotatable bonds is 22. The van der Waals surface area contributed by atoms with Gasteiger partial charge in [-0.2, -0.15) is 0 Å². The number of aromatic nitrogens is 7. The predicted molar refractivity (Wildman–Crippen MR) is 582 cm³/mol. The molecular formula is C120H106Cl3F3N14O7. The third-order valence-corrected chi connectivity index (χ3v) is 25.5. The fourth-order valence-electron chi connectivity index (χ4n) is 16.6. The Morgan fingerprint density at radius 3 is 1.04 bits per heavy atom. The Morgan fingerprint density at radius 2 is 0.599 bits per heavy atom. The third kappa shape index (κ3) is 28.0. The fourth-order valence-corrected chi connectivity index (χ4v) is 17.1. The van der Waals surface area contributed by atoms with Crippen LogP contribution in [0.25, 0.3) is 76.3 Å². The van der Waals surface area contributed by atoms with Crippen LogP contribution in [-0.4, -0.2) is 76.2 Å². The number of halogens is 6. The number of hydrogen-bond donors (Lipinski definition) is 14. The van der Waals surface area contributed by atoms with Gasteiger partial charge in [0.1, 0.15) is 57.3 Å². The van der Waals surface area contributed by atoms with Gasteiger partial charge in [0.15, 0.2) is 0 Å². The summed E-state index contributed by atoms with van der Waals surface area (Å²) < 4.78 is 40.2. The minimum atomic E-state index is -0.320. The molecule has 27 heteroatoms. The van der Waals surface area contributed by atoms with E-state index < -0.39 is 0 Å². The minimum absolute atomic E-state index is 0.0139. The van der Waals surface area contributed by atoms with Crippen LogP contribution in [0.1, 0.15) is 189 Å². The van der Waals surface area contributed by atoms with Crippen molar-refractivity contribution in [2.75, 3.05) is 0 Å². The van der Waals surface area contributed by atoms with Gasteiger partial charge >= 0.3 is 0 Å². The van der Waals surface area contributed by atoms with Gasteiger partial charge in [0.05, 0.1) is 30.2 Å². The molecule has 5 unspecified atom stereocenters. The van der Waals surface area contributed by atoms with Crippen molar-refractivity contribution in [3.8, 4) is 0 Å². The van der Waals surface area contributed by atoms with Crippen molar-refractivity contribution < 1.29 is 46.7 Å². The van der Waals surface area contributed by atoms with Gasteiger partial charge in [0, 0.05) is 104 Å². The van der Waals surface area contributed by atoms with Crippen molar-refractivity contribution in [1.82, 2.24) is 72.1 Å². The van der Waals surface area contributed by atoms with Crippen LogP contribution in [0.15, 0.2) is 382 Å². The van der Waals surface area contributed by atoms with Gasteiger partial charge in [-0.25, -0.2) is 13.2 Å². The zero-order chi connectivity index (χ0) is 103. The molecule has 14 N–H and O–H groups in total. The Morgan fingerprint density at radius 1 is 0.272 bits per heavy atom. The lowest BCUT2D eigenvalue weighted by molar-refractivity contribution is 0.0920. The lowest BCUT2D eigenvalue weighted by Gasteiger charge is -2.18. The number of H-pyrrole nitrogens is 7. The number of amides is 7. The Balaban J connectivity index is 0.000000123. The van der Waals surface area contributed by atoms with Crippen LogP contribution < -0.4 is 37.2 Å². The van der Waals surface area contributed by atoms with E-state index in [0.29, 0.717) is 90.2 Å². The molecule has 0 aliphatic heterocycles. The summed E-state index contributed by atoms with van der Waals surface area (Å²) in [5.74, 6) is -1.49. The molecule has 740 valence electrons. The van der Waals surface area contributed by atoms with E-state index in [9.17, 15) is 46.7 Å². The molecule has 0 saturated heterocycles. The molecule has 0 spiro atoms. The Bertz CT molecular complexity index is 8030. The summed E-state index contributed by atoms with van der Waals surface area (Å²) in [5.41, 5.74) is 17.9. The first-order chi connectivity index (χ1) is 71.2. The van der Waals surface area contributed by atoms with Gasteiger partial charge in [0.25, 0.3) is 41.4 Å². The highest BCUT2D eigenvalue weighted by Gasteiger charge is 2.34. The monoisotopic (exact) mass is 2020 g/mol. The van der Waals surface area contributed by atoms with Crippen LogP contribution in [0.4, 0.5) is 13.2 Å². The Labute approximate surface area is 861 Å². The summed E-state index contributed by atoms with van der Waals surface area (Å²) in [6.07, 6.45) is 2.25.